The van der Waals surface area contributed by atoms with Crippen LogP contribution in [0.2, 0.25) is 0 Å². The second-order valence-corrected chi connectivity index (χ2v) is 27.3. The molecule has 0 spiro atoms. The van der Waals surface area contributed by atoms with Gasteiger partial charge >= 0.3 is 48.6 Å². The third kappa shape index (κ3) is 28.3. The van der Waals surface area contributed by atoms with Crippen molar-refractivity contribution >= 4 is 84.2 Å². The maximum absolute atomic E-state index is 13.4. The van der Waals surface area contributed by atoms with Crippen molar-refractivity contribution in [2.24, 2.45) is 9.98 Å². The molecule has 0 radical (unpaired) electrons. The molecule has 9 N–H and O–H groups in total. The summed E-state index contributed by atoms with van der Waals surface area (Å²) in [7, 11) is 2.11. The van der Waals surface area contributed by atoms with Gasteiger partial charge in [0.25, 0.3) is 0 Å². The minimum atomic E-state index is -1.55. The van der Waals surface area contributed by atoms with Crippen molar-refractivity contribution in [3.8, 4) is 0 Å². The lowest BCUT2D eigenvalue weighted by Crippen LogP contribution is -2.61. The molecule has 2 aromatic heterocycles. The third-order valence-electron chi connectivity index (χ3n) is 13.7. The molecule has 8 amide bonds. The van der Waals surface area contributed by atoms with Crippen LogP contribution in [0.4, 0.5) is 28.8 Å². The molecular weight excluding hydrogens is 1400 g/mol. The smallest absolute Gasteiger partial charge is 0.478 e. The van der Waals surface area contributed by atoms with Crippen LogP contribution in [0.3, 0.4) is 0 Å². The lowest BCUT2D eigenvalue weighted by molar-refractivity contribution is -0.155. The molecule has 4 aliphatic rings. The van der Waals surface area contributed by atoms with Crippen LogP contribution in [0.15, 0.2) is 46.0 Å². The number of ether oxygens (including phenoxy) is 14. The predicted molar refractivity (Wildman–Crippen MR) is 354 cm³/mol. The van der Waals surface area contributed by atoms with Crippen LogP contribution in [0.1, 0.15) is 108 Å². The Bertz CT molecular complexity index is 3310. The number of cyclic esters (lactones) is 4. The Kier molecular flexibility index (Phi) is 29.2. The van der Waals surface area contributed by atoms with Gasteiger partial charge in [0.05, 0.1) is 62.9 Å². The number of hydrogen-bond donors (Lipinski definition) is 9. The van der Waals surface area contributed by atoms with Crippen LogP contribution < -0.4 is 47.9 Å². The van der Waals surface area contributed by atoms with Gasteiger partial charge in [-0.3, -0.25) is 49.8 Å². The molecule has 10 atom stereocenters. The van der Waals surface area contributed by atoms with E-state index in [0.717, 1.165) is 40.2 Å². The van der Waals surface area contributed by atoms with Gasteiger partial charge in [0.15, 0.2) is 24.4 Å². The fraction of sp³-hybridized carbons (Fsp3) is 0.645. The summed E-state index contributed by atoms with van der Waals surface area (Å²) in [5, 5.41) is 39.8. The maximum Gasteiger partial charge on any atom is 0.508 e. The summed E-state index contributed by atoms with van der Waals surface area (Å²) in [6.45, 7) is 19.7. The molecule has 0 aliphatic carbocycles. The Labute approximate surface area is 601 Å². The van der Waals surface area contributed by atoms with Crippen LogP contribution in [0, 0.1) is 0 Å². The van der Waals surface area contributed by atoms with Crippen molar-refractivity contribution in [1.82, 2.24) is 77.8 Å². The number of guanidine groups is 2. The Morgan fingerprint density at radius 1 is 0.524 bits per heavy atom. The first-order chi connectivity index (χ1) is 49.1. The normalized spacial score (nSPS) is 20.5. The number of alkyl carbamates (subject to hydrolysis) is 4. The standard InChI is InChI=1S/C62H91N17O26/c1-31(80)66-43-35(68-51(70-53(86)102-59(3,4)5)71-54(87)103-60(6,7)8)21-37(49(84)92-15)98-47(43)45(39-27-96-57(90)100-39)94-29-41(82)64-17-19-78-25-33(74-76-78)23-63-24-34-26-79(77-75-34)20-18-65-42(83)30-95-46(40-28-97-58(91)101-40)48-44(67-32(2)81)36(22-38(99-48)50(85)93-16)69-52(72-55(88)104-61(9,10)11)73-56(89)105-62(12,13)14/h21-22,25-26,35-36,39-40,43-48,63H,17-20,23-24,27-30H2,1-16H3,(H,64,82)(H,65,83)(H,66,80)(H,67,81)(H2,68,70,71,86,87)(H2,69,72,73,88,89)/t35-,36-,39+,40+,43+,44+,45+,46+,47+,48+/m0/s1. The highest BCUT2D eigenvalue weighted by molar-refractivity contribution is 6.02. The van der Waals surface area contributed by atoms with Crippen molar-refractivity contribution in [3.63, 3.8) is 0 Å². The summed E-state index contributed by atoms with van der Waals surface area (Å²) in [5.74, 6) is -6.88. The molecule has 2 fully saturated rings. The molecule has 0 saturated carbocycles. The van der Waals surface area contributed by atoms with E-state index >= 15 is 0 Å². The van der Waals surface area contributed by atoms with Gasteiger partial charge in [-0.15, -0.1) is 10.2 Å². The van der Waals surface area contributed by atoms with Gasteiger partial charge in [0.1, 0.15) is 61.0 Å². The Hall–Kier alpha value is -11.0. The molecule has 2 saturated heterocycles. The fourth-order valence-corrected chi connectivity index (χ4v) is 9.81. The van der Waals surface area contributed by atoms with Gasteiger partial charge in [-0.2, -0.15) is 0 Å². The van der Waals surface area contributed by atoms with Crippen molar-refractivity contribution in [3.05, 3.63) is 47.5 Å². The highest BCUT2D eigenvalue weighted by atomic mass is 16.8. The second-order valence-electron chi connectivity index (χ2n) is 27.3. The average molecular weight is 1490 g/mol. The van der Waals surface area contributed by atoms with Gasteiger partial charge in [0, 0.05) is 52.4 Å². The number of esters is 2. The van der Waals surface area contributed by atoms with E-state index in [2.05, 4.69) is 78.5 Å². The number of carbonyl (C=O) groups is 12. The van der Waals surface area contributed by atoms with Crippen molar-refractivity contribution in [1.29, 1.82) is 0 Å². The molecule has 0 aromatic carbocycles. The molecule has 0 unspecified atom stereocenters. The number of nitrogens with zero attached hydrogens (tertiary/aromatic N) is 8. The molecule has 43 nitrogen and oxygen atoms in total. The first kappa shape index (κ1) is 83.0. The van der Waals surface area contributed by atoms with Gasteiger partial charge in [0.2, 0.25) is 47.1 Å². The van der Waals surface area contributed by atoms with E-state index in [1.54, 1.807) is 95.5 Å². The van der Waals surface area contributed by atoms with Crippen LogP contribution in [0.25, 0.3) is 0 Å². The van der Waals surface area contributed by atoms with Crippen LogP contribution >= 0.6 is 0 Å². The van der Waals surface area contributed by atoms with E-state index in [4.69, 9.17) is 66.3 Å². The van der Waals surface area contributed by atoms with E-state index in [1.165, 1.54) is 9.36 Å². The summed E-state index contributed by atoms with van der Waals surface area (Å²) in [6, 6.07) is -5.59. The van der Waals surface area contributed by atoms with Crippen LogP contribution in [-0.4, -0.2) is 251 Å². The predicted octanol–water partition coefficient (Wildman–Crippen LogP) is -0.298. The summed E-state index contributed by atoms with van der Waals surface area (Å²) in [5.41, 5.74) is -3.06. The van der Waals surface area contributed by atoms with Gasteiger partial charge < -0.3 is 92.9 Å². The number of rotatable bonds is 26. The minimum Gasteiger partial charge on any atom is -0.478 e. The van der Waals surface area contributed by atoms with Crippen molar-refractivity contribution in [2.75, 3.05) is 53.7 Å². The zero-order valence-electron chi connectivity index (χ0n) is 60.8. The molecule has 4 aliphatic heterocycles. The van der Waals surface area contributed by atoms with Gasteiger partial charge in [-0.1, -0.05) is 10.4 Å². The highest BCUT2D eigenvalue weighted by Crippen LogP contribution is 2.32. The van der Waals surface area contributed by atoms with E-state index < -0.39 is 205 Å². The number of nitrogens with one attached hydrogen (secondary N) is 9. The zero-order chi connectivity index (χ0) is 77.7. The number of hydrogen-bond acceptors (Lipinski definition) is 33. The zero-order valence-corrected chi connectivity index (χ0v) is 60.8. The van der Waals surface area contributed by atoms with Crippen LogP contribution in [0.5, 0.6) is 0 Å². The Balaban J connectivity index is 1.04. The quantitative estimate of drug-likeness (QED) is 0.0253. The first-order valence-electron chi connectivity index (χ1n) is 32.7. The molecular formula is C62H91N17O26. The van der Waals surface area contributed by atoms with E-state index in [0.29, 0.717) is 11.4 Å². The number of amides is 8. The third-order valence-corrected chi connectivity index (χ3v) is 13.7. The Morgan fingerprint density at radius 2 is 0.857 bits per heavy atom. The number of aromatic nitrogens is 6. The molecule has 0 bridgehead atoms. The fourth-order valence-electron chi connectivity index (χ4n) is 9.81. The summed E-state index contributed by atoms with van der Waals surface area (Å²) in [4.78, 5) is 165. The topological polar surface area (TPSA) is 528 Å². The van der Waals surface area contributed by atoms with E-state index in [1.807, 2.05) is 0 Å². The largest absolute Gasteiger partial charge is 0.508 e. The van der Waals surface area contributed by atoms with E-state index in [9.17, 15) is 57.5 Å². The average Bonchev–Trinajstić information content (AvgIpc) is 1.33. The molecule has 43 heteroatoms. The van der Waals surface area contributed by atoms with Crippen molar-refractivity contribution in [2.45, 2.75) is 206 Å². The number of carbonyl (C=O) groups excluding carboxylic acids is 12. The minimum absolute atomic E-state index is 0.00448. The molecule has 580 valence electrons. The number of aliphatic imine (C=N–C) groups is 2. The Morgan fingerprint density at radius 3 is 1.14 bits per heavy atom. The summed E-state index contributed by atoms with van der Waals surface area (Å²) in [6.07, 6.45) is -9.69. The van der Waals surface area contributed by atoms with Crippen LogP contribution in [-0.2, 0) is 121 Å². The summed E-state index contributed by atoms with van der Waals surface area (Å²) >= 11 is 0. The number of methoxy groups -OCH3 is 2. The molecule has 6 heterocycles. The lowest BCUT2D eigenvalue weighted by Gasteiger charge is -2.40. The molecule has 2 aromatic rings. The highest BCUT2D eigenvalue weighted by Gasteiger charge is 2.51. The maximum atomic E-state index is 13.4. The first-order valence-corrected chi connectivity index (χ1v) is 32.7. The molecule has 105 heavy (non-hydrogen) atoms. The SMILES string of the molecule is COC(=O)C1=C[C@H](N=C(NC(=O)OC(C)(C)C)NC(=O)OC(C)(C)C)[C@@H](NC(C)=O)[C@H]([C@H](OCC(=O)NCCn2cc(CNCc3cn(CCNC(=O)CO[C@@H]([C@@H]4OC(C(=O)OC)=C[C@H](N=C(NC(=O)OC(C)(C)C)NC(=O)OC(C)(C)C)[C@H]4NC(C)=O)[C@H]4COC(=O)O4)nn3)nn2)[C@H]2COC(=O)O2)O1. The second kappa shape index (κ2) is 36.9. The van der Waals surface area contributed by atoms with Crippen molar-refractivity contribution < 1.29 is 124 Å². The van der Waals surface area contributed by atoms with Gasteiger partial charge in [-0.05, 0) is 95.2 Å². The lowest BCUT2D eigenvalue weighted by atomic mass is 9.92. The summed E-state index contributed by atoms with van der Waals surface area (Å²) < 4.78 is 79.5. The monoisotopic (exact) mass is 1490 g/mol. The van der Waals surface area contributed by atoms with E-state index in [-0.39, 0.29) is 39.3 Å². The molecule has 6 rings (SSSR count). The van der Waals surface area contributed by atoms with Gasteiger partial charge in [-0.25, -0.2) is 48.3 Å².